The molecule has 0 saturated carbocycles. The fourth-order valence-corrected chi connectivity index (χ4v) is 3.70. The molecule has 5 nitrogen and oxygen atoms in total. The van der Waals surface area contributed by atoms with E-state index in [4.69, 9.17) is 0 Å². The van der Waals surface area contributed by atoms with E-state index in [0.29, 0.717) is 29.9 Å². The molecule has 2 heterocycles. The van der Waals surface area contributed by atoms with Gasteiger partial charge in [-0.2, -0.15) is 4.98 Å². The van der Waals surface area contributed by atoms with Crippen molar-refractivity contribution in [2.45, 2.75) is 13.3 Å². The summed E-state index contributed by atoms with van der Waals surface area (Å²) in [6.45, 7) is 2.45. The first-order chi connectivity index (χ1) is 13.1. The third kappa shape index (κ3) is 3.73. The van der Waals surface area contributed by atoms with Gasteiger partial charge in [-0.05, 0) is 31.2 Å². The fourth-order valence-electron chi connectivity index (χ4n) is 2.84. The number of thiazole rings is 1. The molecule has 2 aromatic heterocycles. The normalized spacial score (nSPS) is 11.0. The number of hydrogen-bond acceptors (Lipinski definition) is 4. The maximum absolute atomic E-state index is 13.4. The number of rotatable bonds is 5. The van der Waals surface area contributed by atoms with E-state index >= 15 is 0 Å². The number of amides is 1. The van der Waals surface area contributed by atoms with Crippen LogP contribution < -0.4 is 5.32 Å². The van der Waals surface area contributed by atoms with E-state index < -0.39 is 0 Å². The van der Waals surface area contributed by atoms with Crippen LogP contribution in [0, 0.1) is 12.7 Å². The summed E-state index contributed by atoms with van der Waals surface area (Å²) in [4.78, 5) is 17.4. The molecule has 0 saturated heterocycles. The molecule has 0 fully saturated rings. The van der Waals surface area contributed by atoms with Gasteiger partial charge in [0.25, 0.3) is 5.91 Å². The minimum Gasteiger partial charge on any atom is -0.352 e. The van der Waals surface area contributed by atoms with E-state index in [1.165, 1.54) is 23.5 Å². The van der Waals surface area contributed by atoms with E-state index in [1.54, 1.807) is 22.7 Å². The molecule has 0 atom stereocenters. The van der Waals surface area contributed by atoms with E-state index in [0.717, 1.165) is 16.2 Å². The van der Waals surface area contributed by atoms with E-state index in [1.807, 2.05) is 30.5 Å². The number of fused-ring (bicyclic) bond motifs is 1. The summed E-state index contributed by atoms with van der Waals surface area (Å²) in [6, 6.07) is 13.7. The molecule has 2 aromatic carbocycles. The molecular weight excluding hydrogens is 363 g/mol. The smallest absolute Gasteiger partial charge is 0.251 e. The largest absolute Gasteiger partial charge is 0.352 e. The fraction of sp³-hybridized carbons (Fsp3) is 0.150. The van der Waals surface area contributed by atoms with Crippen LogP contribution in [0.25, 0.3) is 16.3 Å². The van der Waals surface area contributed by atoms with Crippen LogP contribution in [0.1, 0.15) is 21.6 Å². The molecule has 4 aromatic rings. The topological polar surface area (TPSA) is 59.3 Å². The van der Waals surface area contributed by atoms with E-state index in [-0.39, 0.29) is 11.7 Å². The Kier molecular flexibility index (Phi) is 4.68. The van der Waals surface area contributed by atoms with Crippen LogP contribution in [-0.4, -0.2) is 27.0 Å². The van der Waals surface area contributed by atoms with Gasteiger partial charge in [-0.3, -0.25) is 4.79 Å². The second-order valence-electron chi connectivity index (χ2n) is 6.24. The van der Waals surface area contributed by atoms with Gasteiger partial charge < -0.3 is 5.32 Å². The number of halogens is 1. The molecule has 0 bridgehead atoms. The van der Waals surface area contributed by atoms with Crippen LogP contribution in [0.15, 0.2) is 53.9 Å². The Bertz CT molecular complexity index is 1120. The van der Waals surface area contributed by atoms with Gasteiger partial charge in [0.05, 0.1) is 5.69 Å². The number of nitrogens with one attached hydrogen (secondary N) is 1. The second kappa shape index (κ2) is 7.28. The summed E-state index contributed by atoms with van der Waals surface area (Å²) in [5.41, 5.74) is 3.30. The number of carbonyl (C=O) groups excluding carboxylic acids is 1. The Hall–Kier alpha value is -3.06. The Morgan fingerprint density at radius 2 is 2.07 bits per heavy atom. The molecule has 27 heavy (non-hydrogen) atoms. The summed E-state index contributed by atoms with van der Waals surface area (Å²) < 4.78 is 15.2. The highest BCUT2D eigenvalue weighted by Crippen LogP contribution is 2.21. The third-order valence-corrected chi connectivity index (χ3v) is 5.04. The summed E-state index contributed by atoms with van der Waals surface area (Å²) in [5, 5.41) is 9.39. The Balaban J connectivity index is 1.46. The highest BCUT2D eigenvalue weighted by atomic mass is 32.1. The van der Waals surface area contributed by atoms with Crippen molar-refractivity contribution >= 4 is 22.2 Å². The minimum atomic E-state index is -0.315. The van der Waals surface area contributed by atoms with E-state index in [2.05, 4.69) is 15.4 Å². The van der Waals surface area contributed by atoms with Crippen LogP contribution in [0.2, 0.25) is 0 Å². The van der Waals surface area contributed by atoms with Crippen LogP contribution in [0.3, 0.4) is 0 Å². The van der Waals surface area contributed by atoms with Gasteiger partial charge in [-0.25, -0.2) is 8.91 Å². The third-order valence-electron chi connectivity index (χ3n) is 4.18. The molecule has 0 aliphatic heterocycles. The zero-order valence-corrected chi connectivity index (χ0v) is 15.5. The molecule has 0 spiro atoms. The van der Waals surface area contributed by atoms with Gasteiger partial charge in [0, 0.05) is 29.5 Å². The van der Waals surface area contributed by atoms with Crippen LogP contribution >= 0.6 is 11.3 Å². The van der Waals surface area contributed by atoms with Crippen molar-refractivity contribution in [3.8, 4) is 11.4 Å². The lowest BCUT2D eigenvalue weighted by Crippen LogP contribution is -2.26. The average molecular weight is 380 g/mol. The molecule has 0 aliphatic carbocycles. The lowest BCUT2D eigenvalue weighted by molar-refractivity contribution is 0.0954. The van der Waals surface area contributed by atoms with Crippen LogP contribution in [-0.2, 0) is 6.42 Å². The predicted molar refractivity (Wildman–Crippen MR) is 103 cm³/mol. The first-order valence-corrected chi connectivity index (χ1v) is 9.42. The Morgan fingerprint density at radius 1 is 1.22 bits per heavy atom. The molecule has 0 radical (unpaired) electrons. The molecule has 0 unspecified atom stereocenters. The summed E-state index contributed by atoms with van der Waals surface area (Å²) >= 11 is 1.47. The Labute approximate surface area is 159 Å². The molecular formula is C20H17FN4OS. The first kappa shape index (κ1) is 17.4. The SMILES string of the molecule is Cc1cccc(C(=O)NCCc2csc3nc(-c4cccc(F)c4)nn23)c1. The lowest BCUT2D eigenvalue weighted by atomic mass is 10.1. The van der Waals surface area contributed by atoms with Gasteiger partial charge in [-0.15, -0.1) is 16.4 Å². The maximum atomic E-state index is 13.4. The summed E-state index contributed by atoms with van der Waals surface area (Å²) in [5.74, 6) is 0.0837. The lowest BCUT2D eigenvalue weighted by Gasteiger charge is -2.05. The van der Waals surface area contributed by atoms with Crippen molar-refractivity contribution in [3.05, 3.63) is 76.5 Å². The monoisotopic (exact) mass is 380 g/mol. The van der Waals surface area contributed by atoms with Crippen molar-refractivity contribution in [3.63, 3.8) is 0 Å². The molecule has 136 valence electrons. The van der Waals surface area contributed by atoms with Crippen molar-refractivity contribution in [2.24, 2.45) is 0 Å². The van der Waals surface area contributed by atoms with Gasteiger partial charge >= 0.3 is 0 Å². The predicted octanol–water partition coefficient (Wildman–Crippen LogP) is 3.88. The quantitative estimate of drug-likeness (QED) is 0.572. The average Bonchev–Trinajstić information content (AvgIpc) is 3.23. The van der Waals surface area contributed by atoms with Crippen molar-refractivity contribution in [1.82, 2.24) is 19.9 Å². The molecule has 1 amide bonds. The summed E-state index contributed by atoms with van der Waals surface area (Å²) in [7, 11) is 0. The number of aryl methyl sites for hydroxylation is 1. The standard InChI is InChI=1S/C20H17FN4OS/c1-13-4-2-6-15(10-13)19(26)22-9-8-17-12-27-20-23-18(24-25(17)20)14-5-3-7-16(21)11-14/h2-7,10-12H,8-9H2,1H3,(H,22,26). The number of carbonyl (C=O) groups is 1. The number of aromatic nitrogens is 3. The van der Waals surface area contributed by atoms with Gasteiger partial charge in [0.1, 0.15) is 5.82 Å². The highest BCUT2D eigenvalue weighted by Gasteiger charge is 2.12. The molecule has 1 N–H and O–H groups in total. The van der Waals surface area contributed by atoms with Gasteiger partial charge in [-0.1, -0.05) is 29.8 Å². The second-order valence-corrected chi connectivity index (χ2v) is 7.08. The number of benzene rings is 2. The highest BCUT2D eigenvalue weighted by molar-refractivity contribution is 7.15. The zero-order valence-electron chi connectivity index (χ0n) is 14.6. The molecule has 7 heteroatoms. The first-order valence-electron chi connectivity index (χ1n) is 8.54. The molecule has 0 aliphatic rings. The van der Waals surface area contributed by atoms with Crippen LogP contribution in [0.4, 0.5) is 4.39 Å². The van der Waals surface area contributed by atoms with Gasteiger partial charge in [0.15, 0.2) is 5.82 Å². The van der Waals surface area contributed by atoms with E-state index in [9.17, 15) is 9.18 Å². The molecule has 4 rings (SSSR count). The minimum absolute atomic E-state index is 0.0933. The maximum Gasteiger partial charge on any atom is 0.251 e. The van der Waals surface area contributed by atoms with Crippen LogP contribution in [0.5, 0.6) is 0 Å². The summed E-state index contributed by atoms with van der Waals surface area (Å²) in [6.07, 6.45) is 0.628. The zero-order chi connectivity index (χ0) is 18.8. The van der Waals surface area contributed by atoms with Crippen molar-refractivity contribution < 1.29 is 9.18 Å². The number of hydrogen-bond donors (Lipinski definition) is 1. The number of nitrogens with zero attached hydrogens (tertiary/aromatic N) is 3. The van der Waals surface area contributed by atoms with Crippen molar-refractivity contribution in [2.75, 3.05) is 6.54 Å². The van der Waals surface area contributed by atoms with Gasteiger partial charge in [0.2, 0.25) is 4.96 Å². The van der Waals surface area contributed by atoms with Crippen molar-refractivity contribution in [1.29, 1.82) is 0 Å². The Morgan fingerprint density at radius 3 is 2.89 bits per heavy atom.